The molecular weight excluding hydrogens is 354 g/mol. The smallest absolute Gasteiger partial charge is 0.191 e. The van der Waals surface area contributed by atoms with E-state index in [2.05, 4.69) is 46.8 Å². The highest BCUT2D eigenvalue weighted by atomic mass is 32.2. The van der Waals surface area contributed by atoms with Crippen LogP contribution in [0.25, 0.3) is 11.4 Å². The van der Waals surface area contributed by atoms with Gasteiger partial charge < -0.3 is 4.57 Å². The van der Waals surface area contributed by atoms with Gasteiger partial charge in [-0.2, -0.15) is 0 Å². The molecule has 0 aliphatic rings. The van der Waals surface area contributed by atoms with Crippen molar-refractivity contribution in [1.82, 2.24) is 14.8 Å². The molecule has 3 aromatic rings. The standard InChI is InChI=1S/C22H25N3OS/c1-6-25-21(18-10-8-7-9-11-18)23-24-22(25)27-13-19-14(2)12-15(3)20(16(19)4)17(5)26/h7-12H,6,13H2,1-5H3. The van der Waals surface area contributed by atoms with Gasteiger partial charge >= 0.3 is 0 Å². The van der Waals surface area contributed by atoms with Crippen molar-refractivity contribution in [2.75, 3.05) is 0 Å². The number of aryl methyl sites for hydroxylation is 2. The highest BCUT2D eigenvalue weighted by Gasteiger charge is 2.17. The van der Waals surface area contributed by atoms with Gasteiger partial charge in [0.15, 0.2) is 16.8 Å². The minimum Gasteiger partial charge on any atom is -0.302 e. The maximum Gasteiger partial charge on any atom is 0.191 e. The summed E-state index contributed by atoms with van der Waals surface area (Å²) >= 11 is 1.67. The molecule has 0 radical (unpaired) electrons. The predicted octanol–water partition coefficient (Wildman–Crippen LogP) is 5.39. The van der Waals surface area contributed by atoms with Crippen LogP contribution in [0.15, 0.2) is 41.6 Å². The number of rotatable bonds is 6. The SMILES string of the molecule is CCn1c(SCc2c(C)cc(C)c(C(C)=O)c2C)nnc1-c1ccccc1. The maximum atomic E-state index is 12.1. The van der Waals surface area contributed by atoms with Crippen LogP contribution in [0.3, 0.4) is 0 Å². The average molecular weight is 380 g/mol. The Labute approximate surface area is 165 Å². The molecule has 1 heterocycles. The summed E-state index contributed by atoms with van der Waals surface area (Å²) in [6.07, 6.45) is 0. The lowest BCUT2D eigenvalue weighted by molar-refractivity contribution is 0.101. The monoisotopic (exact) mass is 379 g/mol. The van der Waals surface area contributed by atoms with Crippen LogP contribution >= 0.6 is 11.8 Å². The fraction of sp³-hybridized carbons (Fsp3) is 0.318. The number of benzene rings is 2. The van der Waals surface area contributed by atoms with E-state index in [1.54, 1.807) is 18.7 Å². The summed E-state index contributed by atoms with van der Waals surface area (Å²) in [7, 11) is 0. The van der Waals surface area contributed by atoms with Crippen LogP contribution in [0.5, 0.6) is 0 Å². The quantitative estimate of drug-likeness (QED) is 0.426. The second-order valence-corrected chi connectivity index (χ2v) is 7.69. The molecule has 27 heavy (non-hydrogen) atoms. The van der Waals surface area contributed by atoms with E-state index in [4.69, 9.17) is 0 Å². The normalized spacial score (nSPS) is 11.0. The number of ketones is 1. The molecule has 0 N–H and O–H groups in total. The Bertz CT molecular complexity index is 977. The summed E-state index contributed by atoms with van der Waals surface area (Å²) in [5, 5.41) is 9.74. The van der Waals surface area contributed by atoms with Crippen molar-refractivity contribution < 1.29 is 4.79 Å². The molecule has 0 aliphatic heterocycles. The summed E-state index contributed by atoms with van der Waals surface area (Å²) < 4.78 is 2.14. The van der Waals surface area contributed by atoms with Crippen LogP contribution in [0.2, 0.25) is 0 Å². The second kappa shape index (κ2) is 8.09. The first-order valence-corrected chi connectivity index (χ1v) is 10.1. The number of carbonyl (C=O) groups is 1. The van der Waals surface area contributed by atoms with Crippen molar-refractivity contribution in [2.45, 2.75) is 52.1 Å². The number of thioether (sulfide) groups is 1. The largest absolute Gasteiger partial charge is 0.302 e. The van der Waals surface area contributed by atoms with E-state index >= 15 is 0 Å². The van der Waals surface area contributed by atoms with Gasteiger partial charge in [-0.05, 0) is 56.9 Å². The van der Waals surface area contributed by atoms with Crippen LogP contribution in [-0.2, 0) is 12.3 Å². The van der Waals surface area contributed by atoms with Crippen LogP contribution < -0.4 is 0 Å². The van der Waals surface area contributed by atoms with Crippen molar-refractivity contribution in [2.24, 2.45) is 0 Å². The van der Waals surface area contributed by atoms with Crippen LogP contribution in [0.1, 0.15) is 46.5 Å². The summed E-state index contributed by atoms with van der Waals surface area (Å²) in [5.41, 5.74) is 6.47. The van der Waals surface area contributed by atoms with Crippen molar-refractivity contribution in [1.29, 1.82) is 0 Å². The van der Waals surface area contributed by atoms with Crippen molar-refractivity contribution in [3.8, 4) is 11.4 Å². The van der Waals surface area contributed by atoms with E-state index in [9.17, 15) is 4.79 Å². The van der Waals surface area contributed by atoms with E-state index in [0.29, 0.717) is 0 Å². The number of hydrogen-bond donors (Lipinski definition) is 0. The highest BCUT2D eigenvalue weighted by Crippen LogP contribution is 2.30. The lowest BCUT2D eigenvalue weighted by Crippen LogP contribution is -2.06. The molecule has 0 spiro atoms. The molecule has 5 heteroatoms. The molecule has 0 amide bonds. The molecule has 0 atom stereocenters. The van der Waals surface area contributed by atoms with E-state index in [-0.39, 0.29) is 5.78 Å². The van der Waals surface area contributed by atoms with Gasteiger partial charge in [-0.3, -0.25) is 4.79 Å². The zero-order valence-electron chi connectivity index (χ0n) is 16.5. The van der Waals surface area contributed by atoms with Crippen molar-refractivity contribution >= 4 is 17.5 Å². The third-order valence-corrected chi connectivity index (χ3v) is 5.89. The van der Waals surface area contributed by atoms with E-state index in [1.165, 1.54) is 11.1 Å². The minimum absolute atomic E-state index is 0.124. The van der Waals surface area contributed by atoms with Crippen LogP contribution in [0.4, 0.5) is 0 Å². The Hall–Kier alpha value is -2.40. The third kappa shape index (κ3) is 3.83. The average Bonchev–Trinajstić information content (AvgIpc) is 3.04. The first-order valence-electron chi connectivity index (χ1n) is 9.16. The van der Waals surface area contributed by atoms with Gasteiger partial charge in [-0.25, -0.2) is 0 Å². The Morgan fingerprint density at radius 3 is 2.41 bits per heavy atom. The summed E-state index contributed by atoms with van der Waals surface area (Å²) in [6, 6.07) is 12.2. The summed E-state index contributed by atoms with van der Waals surface area (Å²) in [4.78, 5) is 12.1. The van der Waals surface area contributed by atoms with Crippen molar-refractivity contribution in [3.63, 3.8) is 0 Å². The zero-order chi connectivity index (χ0) is 19.6. The second-order valence-electron chi connectivity index (χ2n) is 6.75. The zero-order valence-corrected chi connectivity index (χ0v) is 17.4. The molecule has 140 valence electrons. The van der Waals surface area contributed by atoms with Gasteiger partial charge in [-0.15, -0.1) is 10.2 Å². The molecule has 0 saturated heterocycles. The fourth-order valence-corrected chi connectivity index (χ4v) is 4.80. The number of Topliss-reactive ketones (excluding diaryl/α,β-unsaturated/α-hetero) is 1. The lowest BCUT2D eigenvalue weighted by Gasteiger charge is -2.15. The fourth-order valence-electron chi connectivity index (χ4n) is 3.61. The molecule has 2 aromatic carbocycles. The Morgan fingerprint density at radius 2 is 1.78 bits per heavy atom. The number of hydrogen-bond acceptors (Lipinski definition) is 4. The van der Waals surface area contributed by atoms with E-state index < -0.39 is 0 Å². The molecule has 0 saturated carbocycles. The first kappa shape index (κ1) is 19.4. The Kier molecular flexibility index (Phi) is 5.80. The van der Waals surface area contributed by atoms with Gasteiger partial charge in [0.25, 0.3) is 0 Å². The number of carbonyl (C=O) groups excluding carboxylic acids is 1. The lowest BCUT2D eigenvalue weighted by atomic mass is 9.92. The van der Waals surface area contributed by atoms with E-state index in [0.717, 1.165) is 45.5 Å². The van der Waals surface area contributed by atoms with Gasteiger partial charge in [0.1, 0.15) is 0 Å². The Morgan fingerprint density at radius 1 is 1.07 bits per heavy atom. The molecule has 0 fully saturated rings. The van der Waals surface area contributed by atoms with Crippen molar-refractivity contribution in [3.05, 3.63) is 64.2 Å². The van der Waals surface area contributed by atoms with Gasteiger partial charge in [0.2, 0.25) is 0 Å². The molecule has 4 nitrogen and oxygen atoms in total. The Balaban J connectivity index is 1.91. The molecule has 1 aromatic heterocycles. The summed E-state index contributed by atoms with van der Waals surface area (Å²) in [6.45, 7) is 10.7. The molecule has 0 aliphatic carbocycles. The van der Waals surface area contributed by atoms with Gasteiger partial charge in [-0.1, -0.05) is 48.2 Å². The molecular formula is C22H25N3OS. The van der Waals surface area contributed by atoms with Crippen LogP contribution in [-0.4, -0.2) is 20.5 Å². The minimum atomic E-state index is 0.124. The van der Waals surface area contributed by atoms with E-state index in [1.807, 2.05) is 32.0 Å². The molecule has 0 unspecified atom stereocenters. The maximum absolute atomic E-state index is 12.1. The topological polar surface area (TPSA) is 47.8 Å². The van der Waals surface area contributed by atoms with Gasteiger partial charge in [0, 0.05) is 23.4 Å². The molecule has 3 rings (SSSR count). The van der Waals surface area contributed by atoms with Gasteiger partial charge in [0.05, 0.1) is 0 Å². The highest BCUT2D eigenvalue weighted by molar-refractivity contribution is 7.98. The number of nitrogens with zero attached hydrogens (tertiary/aromatic N) is 3. The van der Waals surface area contributed by atoms with Crippen LogP contribution in [0, 0.1) is 20.8 Å². The third-order valence-electron chi connectivity index (χ3n) is 4.89. The predicted molar refractivity (Wildman–Crippen MR) is 111 cm³/mol. The summed E-state index contributed by atoms with van der Waals surface area (Å²) in [5.74, 6) is 1.78. The number of aromatic nitrogens is 3. The first-order chi connectivity index (χ1) is 12.9. The molecule has 0 bridgehead atoms.